The number of carbonyl (C=O) groups excluding carboxylic acids is 1. The van der Waals surface area contributed by atoms with Gasteiger partial charge in [0.1, 0.15) is 23.2 Å². The van der Waals surface area contributed by atoms with E-state index in [2.05, 4.69) is 9.98 Å². The van der Waals surface area contributed by atoms with Gasteiger partial charge in [-0.05, 0) is 32.0 Å². The lowest BCUT2D eigenvalue weighted by molar-refractivity contribution is 0.0700. The topological polar surface area (TPSA) is 96.0 Å². The summed E-state index contributed by atoms with van der Waals surface area (Å²) < 4.78 is 26.5. The van der Waals surface area contributed by atoms with Crippen LogP contribution in [0.1, 0.15) is 24.2 Å². The highest BCUT2D eigenvalue weighted by atomic mass is 19.2. The van der Waals surface area contributed by atoms with Crippen molar-refractivity contribution in [3.8, 4) is 0 Å². The number of nitrogens with zero attached hydrogens (tertiary/aromatic N) is 4. The van der Waals surface area contributed by atoms with E-state index >= 15 is 0 Å². The van der Waals surface area contributed by atoms with Crippen molar-refractivity contribution in [2.75, 3.05) is 19.6 Å². The lowest BCUT2D eigenvalue weighted by Gasteiger charge is -2.41. The van der Waals surface area contributed by atoms with Crippen LogP contribution < -0.4 is 0 Å². The molecule has 0 bridgehead atoms. The molecule has 3 rings (SSSR count). The van der Waals surface area contributed by atoms with Gasteiger partial charge in [0, 0.05) is 18.7 Å². The van der Waals surface area contributed by atoms with Gasteiger partial charge >= 0.3 is 0 Å². The monoisotopic (exact) mass is 360 g/mol. The van der Waals surface area contributed by atoms with E-state index in [1.165, 1.54) is 15.9 Å². The second kappa shape index (κ2) is 6.74. The summed E-state index contributed by atoms with van der Waals surface area (Å²) in [4.78, 5) is 23.8. The number of hydrogen-bond acceptors (Lipinski definition) is 5. The van der Waals surface area contributed by atoms with Crippen molar-refractivity contribution in [3.63, 3.8) is 0 Å². The minimum atomic E-state index is -1.09. The molecule has 26 heavy (non-hydrogen) atoms. The number of amides is 1. The van der Waals surface area contributed by atoms with Crippen molar-refractivity contribution in [1.82, 2.24) is 9.80 Å². The molecule has 0 saturated carbocycles. The summed E-state index contributed by atoms with van der Waals surface area (Å²) in [6.07, 6.45) is 0. The van der Waals surface area contributed by atoms with Crippen molar-refractivity contribution in [2.24, 2.45) is 9.98 Å². The highest BCUT2D eigenvalue weighted by Crippen LogP contribution is 2.18. The number of nitrogens with one attached hydrogen (secondary N) is 2. The number of benzene rings is 1. The predicted molar refractivity (Wildman–Crippen MR) is 94.4 cm³/mol. The van der Waals surface area contributed by atoms with Gasteiger partial charge in [-0.3, -0.25) is 20.6 Å². The lowest BCUT2D eigenvalue weighted by atomic mass is 10.1. The quantitative estimate of drug-likeness (QED) is 0.623. The van der Waals surface area contributed by atoms with Crippen molar-refractivity contribution >= 4 is 29.1 Å². The van der Waals surface area contributed by atoms with Crippen molar-refractivity contribution in [2.45, 2.75) is 19.9 Å². The number of carbonyl (C=O) groups is 1. The lowest BCUT2D eigenvalue weighted by Crippen LogP contribution is -2.59. The maximum atomic E-state index is 13.4. The molecule has 2 heterocycles. The summed E-state index contributed by atoms with van der Waals surface area (Å²) in [5.74, 6) is -1.82. The van der Waals surface area contributed by atoms with Gasteiger partial charge in [0.05, 0.1) is 12.6 Å². The Kier molecular flexibility index (Phi) is 4.62. The van der Waals surface area contributed by atoms with E-state index in [1.54, 1.807) is 13.8 Å². The minimum absolute atomic E-state index is 0.0243. The molecule has 0 radical (unpaired) electrons. The van der Waals surface area contributed by atoms with Gasteiger partial charge in [0.15, 0.2) is 11.6 Å². The van der Waals surface area contributed by atoms with Gasteiger partial charge in [-0.2, -0.15) is 0 Å². The van der Waals surface area contributed by atoms with Crippen LogP contribution >= 0.6 is 0 Å². The third-order valence-electron chi connectivity index (χ3n) is 4.44. The van der Waals surface area contributed by atoms with Crippen LogP contribution in [0.3, 0.4) is 0 Å². The Morgan fingerprint density at radius 2 is 2.00 bits per heavy atom. The zero-order valence-corrected chi connectivity index (χ0v) is 14.4. The highest BCUT2D eigenvalue weighted by molar-refractivity contribution is 6.45. The maximum Gasteiger partial charge on any atom is 0.254 e. The first kappa shape index (κ1) is 17.8. The Morgan fingerprint density at radius 1 is 1.27 bits per heavy atom. The first-order chi connectivity index (χ1) is 12.3. The van der Waals surface area contributed by atoms with Crippen LogP contribution in [0.2, 0.25) is 0 Å². The Morgan fingerprint density at radius 3 is 2.62 bits per heavy atom. The van der Waals surface area contributed by atoms with Crippen LogP contribution in [-0.2, 0) is 0 Å². The fourth-order valence-electron chi connectivity index (χ4n) is 2.94. The van der Waals surface area contributed by atoms with Gasteiger partial charge < -0.3 is 9.80 Å². The fraction of sp³-hybridized carbons (Fsp3) is 0.353. The molecule has 2 N–H and O–H groups in total. The molecule has 7 nitrogen and oxygen atoms in total. The van der Waals surface area contributed by atoms with Crippen LogP contribution in [-0.4, -0.2) is 64.6 Å². The Labute approximate surface area is 149 Å². The van der Waals surface area contributed by atoms with Crippen molar-refractivity contribution in [1.29, 1.82) is 10.8 Å². The molecule has 136 valence electrons. The zero-order chi connectivity index (χ0) is 19.0. The highest BCUT2D eigenvalue weighted by Gasteiger charge is 2.35. The predicted octanol–water partition coefficient (Wildman–Crippen LogP) is 1.94. The van der Waals surface area contributed by atoms with Crippen LogP contribution in [0.5, 0.6) is 0 Å². The third-order valence-corrected chi connectivity index (χ3v) is 4.44. The Balaban J connectivity index is 1.75. The molecule has 1 saturated heterocycles. The molecule has 1 amide bonds. The first-order valence-electron chi connectivity index (χ1n) is 8.09. The molecule has 2 aliphatic heterocycles. The van der Waals surface area contributed by atoms with E-state index in [1.807, 2.05) is 0 Å². The molecule has 0 aliphatic carbocycles. The molecule has 0 unspecified atom stereocenters. The average molecular weight is 360 g/mol. The molecule has 1 fully saturated rings. The standard InChI is InChI=1S/C17H18F2N6O/c1-9-15(20)25(16(21)14-8-22-10(2)23-14)6-5-24(9)17(26)11-3-4-12(18)13(19)7-11/h3-4,7,9,20-21H,5-6,8H2,1-2H3/t9-/m1/s1. The third kappa shape index (κ3) is 3.12. The summed E-state index contributed by atoms with van der Waals surface area (Å²) in [5.41, 5.74) is 0.510. The molecule has 0 aromatic heterocycles. The largest absolute Gasteiger partial charge is 0.327 e. The molecule has 0 spiro atoms. The number of halogens is 2. The number of hydrogen-bond donors (Lipinski definition) is 2. The number of aliphatic imine (C=N–C) groups is 2. The Bertz CT molecular complexity index is 863. The van der Waals surface area contributed by atoms with E-state index in [0.29, 0.717) is 18.1 Å². The van der Waals surface area contributed by atoms with Crippen LogP contribution in [0.4, 0.5) is 8.78 Å². The molecule has 2 aliphatic rings. The summed E-state index contributed by atoms with van der Waals surface area (Å²) in [7, 11) is 0. The van der Waals surface area contributed by atoms with Gasteiger partial charge in [0.2, 0.25) is 0 Å². The molecule has 1 aromatic rings. The second-order valence-electron chi connectivity index (χ2n) is 6.11. The molecule has 9 heteroatoms. The molecular weight excluding hydrogens is 342 g/mol. The average Bonchev–Trinajstić information content (AvgIpc) is 3.05. The smallest absolute Gasteiger partial charge is 0.254 e. The minimum Gasteiger partial charge on any atom is -0.327 e. The van der Waals surface area contributed by atoms with E-state index < -0.39 is 23.6 Å². The summed E-state index contributed by atoms with van der Waals surface area (Å²) in [6.45, 7) is 4.21. The molecule has 1 aromatic carbocycles. The number of piperazine rings is 1. The van der Waals surface area contributed by atoms with Gasteiger partial charge in [-0.1, -0.05) is 0 Å². The van der Waals surface area contributed by atoms with Crippen molar-refractivity contribution in [3.05, 3.63) is 35.4 Å². The van der Waals surface area contributed by atoms with E-state index in [-0.39, 0.29) is 30.3 Å². The molecule has 1 atom stereocenters. The zero-order valence-electron chi connectivity index (χ0n) is 14.4. The Hall–Kier alpha value is -2.97. The normalized spacial score (nSPS) is 20.2. The number of amidine groups is 3. The maximum absolute atomic E-state index is 13.4. The van der Waals surface area contributed by atoms with E-state index in [9.17, 15) is 13.6 Å². The number of rotatable bonds is 2. The fourth-order valence-corrected chi connectivity index (χ4v) is 2.94. The van der Waals surface area contributed by atoms with Gasteiger partial charge in [-0.25, -0.2) is 13.8 Å². The summed E-state index contributed by atoms with van der Waals surface area (Å²) in [5, 5.41) is 16.6. The van der Waals surface area contributed by atoms with Crippen molar-refractivity contribution < 1.29 is 13.6 Å². The van der Waals surface area contributed by atoms with E-state index in [0.717, 1.165) is 12.1 Å². The summed E-state index contributed by atoms with van der Waals surface area (Å²) in [6, 6.07) is 2.37. The van der Waals surface area contributed by atoms with Gasteiger partial charge in [-0.15, -0.1) is 0 Å². The molecular formula is C17H18F2N6O. The SMILES string of the molecule is CC1=NCC(C(=N)N2CCN(C(=O)c3ccc(F)c(F)c3)[C@H](C)C2=N)=N1. The second-order valence-corrected chi connectivity index (χ2v) is 6.11. The van der Waals surface area contributed by atoms with Gasteiger partial charge in [0.25, 0.3) is 5.91 Å². The summed E-state index contributed by atoms with van der Waals surface area (Å²) >= 11 is 0. The first-order valence-corrected chi connectivity index (χ1v) is 8.09. The van der Waals surface area contributed by atoms with Crippen LogP contribution in [0.15, 0.2) is 28.2 Å². The van der Waals surface area contributed by atoms with Crippen LogP contribution in [0.25, 0.3) is 0 Å². The van der Waals surface area contributed by atoms with Crippen LogP contribution in [0, 0.1) is 22.5 Å². The van der Waals surface area contributed by atoms with E-state index in [4.69, 9.17) is 10.8 Å².